The van der Waals surface area contributed by atoms with Gasteiger partial charge in [0.2, 0.25) is 5.91 Å². The molecule has 0 aliphatic carbocycles. The van der Waals surface area contributed by atoms with Crippen LogP contribution in [-0.4, -0.2) is 31.9 Å². The molecule has 2 rings (SSSR count). The third-order valence-corrected chi connectivity index (χ3v) is 5.19. The zero-order valence-electron chi connectivity index (χ0n) is 15.9. The molecule has 0 unspecified atom stereocenters. The van der Waals surface area contributed by atoms with Crippen LogP contribution in [0, 0.1) is 6.92 Å². The molecular formula is C21H27NO3S. The summed E-state index contributed by atoms with van der Waals surface area (Å²) in [6.45, 7) is 4.68. The highest BCUT2D eigenvalue weighted by atomic mass is 32.2. The van der Waals surface area contributed by atoms with Gasteiger partial charge in [0, 0.05) is 11.4 Å². The highest BCUT2D eigenvalue weighted by Gasteiger charge is 2.15. The van der Waals surface area contributed by atoms with Crippen molar-refractivity contribution in [2.75, 3.05) is 20.8 Å². The second kappa shape index (κ2) is 10.1. The van der Waals surface area contributed by atoms with Crippen molar-refractivity contribution in [1.29, 1.82) is 0 Å². The van der Waals surface area contributed by atoms with Gasteiger partial charge in [-0.05, 0) is 50.5 Å². The van der Waals surface area contributed by atoms with E-state index >= 15 is 0 Å². The number of hydrogen-bond acceptors (Lipinski definition) is 4. The van der Waals surface area contributed by atoms with Crippen molar-refractivity contribution >= 4 is 17.7 Å². The Balaban J connectivity index is 1.77. The van der Waals surface area contributed by atoms with Gasteiger partial charge in [0.15, 0.2) is 11.5 Å². The molecule has 0 bridgehead atoms. The number of hydrogen-bond donors (Lipinski definition) is 1. The second-order valence-corrected chi connectivity index (χ2v) is 7.57. The molecular weight excluding hydrogens is 346 g/mol. The summed E-state index contributed by atoms with van der Waals surface area (Å²) >= 11 is 1.51. The van der Waals surface area contributed by atoms with E-state index in [9.17, 15) is 4.79 Å². The number of amides is 1. The molecule has 0 aliphatic heterocycles. The average molecular weight is 374 g/mol. The Labute approximate surface area is 160 Å². The van der Waals surface area contributed by atoms with Gasteiger partial charge < -0.3 is 14.8 Å². The maximum atomic E-state index is 12.3. The van der Waals surface area contributed by atoms with Crippen molar-refractivity contribution in [3.05, 3.63) is 53.6 Å². The zero-order valence-corrected chi connectivity index (χ0v) is 16.7. The third-order valence-electron chi connectivity index (χ3n) is 4.10. The Kier molecular flexibility index (Phi) is 7.85. The van der Waals surface area contributed by atoms with Gasteiger partial charge in [-0.2, -0.15) is 0 Å². The predicted molar refractivity (Wildman–Crippen MR) is 107 cm³/mol. The lowest BCUT2D eigenvalue weighted by Gasteiger charge is -2.14. The Morgan fingerprint density at radius 2 is 1.77 bits per heavy atom. The lowest BCUT2D eigenvalue weighted by Crippen LogP contribution is -2.31. The molecule has 2 aromatic rings. The number of thioether (sulfide) groups is 1. The Morgan fingerprint density at radius 3 is 2.42 bits per heavy atom. The molecule has 0 spiro atoms. The smallest absolute Gasteiger partial charge is 0.233 e. The van der Waals surface area contributed by atoms with E-state index in [0.717, 1.165) is 17.7 Å². The number of carbonyl (C=O) groups is 1. The lowest BCUT2D eigenvalue weighted by molar-refractivity contribution is -0.120. The van der Waals surface area contributed by atoms with Crippen LogP contribution in [0.1, 0.15) is 24.5 Å². The van der Waals surface area contributed by atoms with E-state index in [1.54, 1.807) is 14.2 Å². The highest BCUT2D eigenvalue weighted by molar-refractivity contribution is 8.00. The van der Waals surface area contributed by atoms with Crippen molar-refractivity contribution in [2.45, 2.75) is 36.8 Å². The summed E-state index contributed by atoms with van der Waals surface area (Å²) in [6.07, 6.45) is 1.90. The van der Waals surface area contributed by atoms with E-state index in [-0.39, 0.29) is 11.2 Å². The van der Waals surface area contributed by atoms with Gasteiger partial charge >= 0.3 is 0 Å². The van der Waals surface area contributed by atoms with Crippen LogP contribution in [0.2, 0.25) is 0 Å². The van der Waals surface area contributed by atoms with E-state index in [1.165, 1.54) is 22.9 Å². The molecule has 2 aromatic carbocycles. The highest BCUT2D eigenvalue weighted by Crippen LogP contribution is 2.33. The van der Waals surface area contributed by atoms with Crippen LogP contribution in [0.25, 0.3) is 0 Å². The first-order chi connectivity index (χ1) is 12.5. The minimum atomic E-state index is -0.174. The van der Waals surface area contributed by atoms with Crippen LogP contribution in [0.5, 0.6) is 11.5 Å². The number of nitrogens with one attached hydrogen (secondary N) is 1. The van der Waals surface area contributed by atoms with Crippen LogP contribution < -0.4 is 14.8 Å². The predicted octanol–water partition coefficient (Wildman–Crippen LogP) is 4.24. The fraction of sp³-hybridized carbons (Fsp3) is 0.381. The quantitative estimate of drug-likeness (QED) is 0.527. The molecule has 140 valence electrons. The van der Waals surface area contributed by atoms with Gasteiger partial charge in [-0.25, -0.2) is 0 Å². The van der Waals surface area contributed by atoms with E-state index in [2.05, 4.69) is 36.5 Å². The molecule has 0 saturated heterocycles. The molecule has 0 aliphatic rings. The largest absolute Gasteiger partial charge is 0.493 e. The van der Waals surface area contributed by atoms with Crippen molar-refractivity contribution in [2.24, 2.45) is 0 Å². The molecule has 0 aromatic heterocycles. The third kappa shape index (κ3) is 5.99. The molecule has 0 fully saturated rings. The van der Waals surface area contributed by atoms with Crippen molar-refractivity contribution < 1.29 is 14.3 Å². The maximum absolute atomic E-state index is 12.3. The van der Waals surface area contributed by atoms with E-state index in [1.807, 2.05) is 25.1 Å². The molecule has 0 radical (unpaired) electrons. The van der Waals surface area contributed by atoms with Gasteiger partial charge in [0.05, 0.1) is 19.5 Å². The first-order valence-corrected chi connectivity index (χ1v) is 9.63. The summed E-state index contributed by atoms with van der Waals surface area (Å²) in [7, 11) is 3.22. The van der Waals surface area contributed by atoms with Crippen LogP contribution in [0.3, 0.4) is 0 Å². The summed E-state index contributed by atoms with van der Waals surface area (Å²) in [4.78, 5) is 13.3. The van der Waals surface area contributed by atoms with Crippen molar-refractivity contribution in [3.8, 4) is 11.5 Å². The Morgan fingerprint density at radius 1 is 1.08 bits per heavy atom. The van der Waals surface area contributed by atoms with Crippen LogP contribution in [-0.2, 0) is 11.2 Å². The minimum absolute atomic E-state index is 0.0497. The Bertz CT molecular complexity index is 716. The number of rotatable bonds is 9. The second-order valence-electron chi connectivity index (χ2n) is 6.16. The molecule has 1 atom stereocenters. The first kappa shape index (κ1) is 20.2. The normalized spacial score (nSPS) is 11.7. The fourth-order valence-corrected chi connectivity index (χ4v) is 3.47. The number of benzene rings is 2. The number of aryl methyl sites for hydroxylation is 2. The topological polar surface area (TPSA) is 47.6 Å². The van der Waals surface area contributed by atoms with E-state index in [4.69, 9.17) is 9.47 Å². The summed E-state index contributed by atoms with van der Waals surface area (Å²) in [5.74, 6) is 1.40. The monoisotopic (exact) mass is 373 g/mol. The summed E-state index contributed by atoms with van der Waals surface area (Å²) in [5, 5.41) is 2.85. The average Bonchev–Trinajstić information content (AvgIpc) is 2.66. The minimum Gasteiger partial charge on any atom is -0.493 e. The van der Waals surface area contributed by atoms with E-state index in [0.29, 0.717) is 18.0 Å². The van der Waals surface area contributed by atoms with Crippen LogP contribution in [0.15, 0.2) is 47.4 Å². The number of ether oxygens (including phenoxy) is 2. The van der Waals surface area contributed by atoms with Gasteiger partial charge in [-0.1, -0.05) is 29.8 Å². The molecule has 26 heavy (non-hydrogen) atoms. The summed E-state index contributed by atoms with van der Waals surface area (Å²) in [5.41, 5.74) is 2.57. The number of carbonyl (C=O) groups excluding carboxylic acids is 1. The molecule has 0 saturated carbocycles. The molecule has 4 nitrogen and oxygen atoms in total. The zero-order chi connectivity index (χ0) is 18.9. The fourth-order valence-electron chi connectivity index (χ4n) is 2.55. The Hall–Kier alpha value is -2.14. The molecule has 1 amide bonds. The van der Waals surface area contributed by atoms with Crippen molar-refractivity contribution in [1.82, 2.24) is 5.32 Å². The van der Waals surface area contributed by atoms with Crippen LogP contribution >= 0.6 is 11.8 Å². The maximum Gasteiger partial charge on any atom is 0.233 e. The number of methoxy groups -OCH3 is 2. The van der Waals surface area contributed by atoms with E-state index < -0.39 is 0 Å². The molecule has 0 heterocycles. The SMILES string of the molecule is COc1ccc(S[C@@H](C)C(=O)NCCCc2ccc(C)cc2)cc1OC. The van der Waals surface area contributed by atoms with Gasteiger partial charge in [0.1, 0.15) is 0 Å². The summed E-state index contributed by atoms with van der Waals surface area (Å²) < 4.78 is 10.5. The molecule has 5 heteroatoms. The lowest BCUT2D eigenvalue weighted by atomic mass is 10.1. The van der Waals surface area contributed by atoms with Gasteiger partial charge in [-0.3, -0.25) is 4.79 Å². The summed E-state index contributed by atoms with van der Waals surface area (Å²) in [6, 6.07) is 14.2. The standard InChI is InChI=1S/C21H27NO3S/c1-15-7-9-17(10-8-15)6-5-13-22-21(23)16(2)26-18-11-12-19(24-3)20(14-18)25-4/h7-12,14,16H,5-6,13H2,1-4H3,(H,22,23)/t16-/m0/s1. The van der Waals surface area contributed by atoms with Gasteiger partial charge in [0.25, 0.3) is 0 Å². The van der Waals surface area contributed by atoms with Gasteiger partial charge in [-0.15, -0.1) is 11.8 Å². The molecule has 1 N–H and O–H groups in total. The van der Waals surface area contributed by atoms with Crippen LogP contribution in [0.4, 0.5) is 0 Å². The first-order valence-electron chi connectivity index (χ1n) is 8.75. The van der Waals surface area contributed by atoms with Crippen molar-refractivity contribution in [3.63, 3.8) is 0 Å².